The van der Waals surface area contributed by atoms with Gasteiger partial charge in [0, 0.05) is 9.85 Å². The Hall–Kier alpha value is -1.14. The number of nitrogens with zero attached hydrogens (tertiary/aromatic N) is 1. The highest BCUT2D eigenvalue weighted by molar-refractivity contribution is 9.10. The summed E-state index contributed by atoms with van der Waals surface area (Å²) in [7, 11) is 0. The normalized spacial score (nSPS) is 10.6. The molecule has 0 saturated carbocycles. The minimum atomic E-state index is -0.289. The van der Waals surface area contributed by atoms with Crippen LogP contribution >= 0.6 is 27.3 Å². The molecule has 4 nitrogen and oxygen atoms in total. The fourth-order valence-corrected chi connectivity index (χ4v) is 2.83. The van der Waals surface area contributed by atoms with Crippen LogP contribution in [0.5, 0.6) is 0 Å². The molecule has 0 atom stereocenters. The van der Waals surface area contributed by atoms with Crippen LogP contribution in [-0.4, -0.2) is 11.0 Å². The molecule has 0 unspecified atom stereocenters. The summed E-state index contributed by atoms with van der Waals surface area (Å²) in [5.74, 6) is 0.895. The second-order valence-corrected chi connectivity index (χ2v) is 5.43. The number of rotatable bonds is 4. The molecule has 18 heavy (non-hydrogen) atoms. The molecule has 2 aromatic rings. The van der Waals surface area contributed by atoms with Gasteiger partial charge in [-0.25, -0.2) is 4.98 Å². The lowest BCUT2D eigenvalue weighted by Crippen LogP contribution is -2.07. The zero-order chi connectivity index (χ0) is 13.1. The van der Waals surface area contributed by atoms with Crippen LogP contribution in [0.2, 0.25) is 0 Å². The maximum Gasteiger partial charge on any atom is 0.310 e. The third-order valence-corrected chi connectivity index (χ3v) is 4.29. The van der Waals surface area contributed by atoms with Gasteiger partial charge < -0.3 is 9.15 Å². The first-order valence-electron chi connectivity index (χ1n) is 5.35. The lowest BCUT2D eigenvalue weighted by molar-refractivity contribution is -0.144. The lowest BCUT2D eigenvalue weighted by atomic mass is 10.2. The Balaban J connectivity index is 1.87. The first-order chi connectivity index (χ1) is 8.56. The summed E-state index contributed by atoms with van der Waals surface area (Å²) in [6.07, 6.45) is 0.253. The Morgan fingerprint density at radius 2 is 2.28 bits per heavy atom. The summed E-state index contributed by atoms with van der Waals surface area (Å²) in [5, 5.41) is 3.86. The number of carbonyl (C=O) groups is 1. The van der Waals surface area contributed by atoms with Gasteiger partial charge in [-0.2, -0.15) is 11.3 Å². The first-order valence-corrected chi connectivity index (χ1v) is 7.09. The van der Waals surface area contributed by atoms with Gasteiger partial charge in [-0.3, -0.25) is 4.79 Å². The third-order valence-electron chi connectivity index (χ3n) is 2.45. The van der Waals surface area contributed by atoms with E-state index in [1.165, 1.54) is 0 Å². The number of thiophene rings is 1. The molecule has 2 aromatic heterocycles. The predicted molar refractivity (Wildman–Crippen MR) is 71.5 cm³/mol. The molecule has 0 fully saturated rings. The second-order valence-electron chi connectivity index (χ2n) is 3.83. The van der Waals surface area contributed by atoms with Gasteiger partial charge in [-0.15, -0.1) is 0 Å². The smallest absolute Gasteiger partial charge is 0.310 e. The zero-order valence-corrected chi connectivity index (χ0v) is 12.4. The monoisotopic (exact) mass is 329 g/mol. The van der Waals surface area contributed by atoms with Crippen LogP contribution in [0.3, 0.4) is 0 Å². The van der Waals surface area contributed by atoms with Crippen molar-refractivity contribution in [3.63, 3.8) is 0 Å². The van der Waals surface area contributed by atoms with Crippen LogP contribution in [0, 0.1) is 13.8 Å². The molecule has 6 heteroatoms. The highest BCUT2D eigenvalue weighted by Gasteiger charge is 2.11. The van der Waals surface area contributed by atoms with E-state index in [-0.39, 0.29) is 19.0 Å². The van der Waals surface area contributed by atoms with E-state index in [4.69, 9.17) is 9.15 Å². The fourth-order valence-electron chi connectivity index (χ4n) is 1.38. The molecule has 96 valence electrons. The molecule has 0 bridgehead atoms. The van der Waals surface area contributed by atoms with Crippen molar-refractivity contribution >= 4 is 33.2 Å². The van der Waals surface area contributed by atoms with Gasteiger partial charge in [-0.1, -0.05) is 0 Å². The molecule has 0 radical (unpaired) electrons. The zero-order valence-electron chi connectivity index (χ0n) is 10.0. The van der Waals surface area contributed by atoms with E-state index < -0.39 is 0 Å². The van der Waals surface area contributed by atoms with E-state index in [1.54, 1.807) is 11.3 Å². The molecular weight excluding hydrogens is 318 g/mol. The number of hydrogen-bond acceptors (Lipinski definition) is 5. The number of aryl methyl sites for hydroxylation is 2. The molecule has 0 aromatic carbocycles. The average molecular weight is 330 g/mol. The number of halogens is 1. The van der Waals surface area contributed by atoms with Crippen molar-refractivity contribution in [3.05, 3.63) is 38.1 Å². The van der Waals surface area contributed by atoms with Crippen molar-refractivity contribution in [2.24, 2.45) is 0 Å². The first kappa shape index (κ1) is 13.3. The largest absolute Gasteiger partial charge is 0.455 e. The van der Waals surface area contributed by atoms with E-state index in [0.29, 0.717) is 5.89 Å². The minimum absolute atomic E-state index is 0.0786. The van der Waals surface area contributed by atoms with E-state index in [0.717, 1.165) is 21.5 Å². The molecular formula is C12H12BrNO3S. The summed E-state index contributed by atoms with van der Waals surface area (Å²) in [4.78, 5) is 15.8. The predicted octanol–water partition coefficient (Wildman–Crippen LogP) is 3.40. The molecule has 0 spiro atoms. The number of oxazole rings is 1. The van der Waals surface area contributed by atoms with Gasteiger partial charge >= 0.3 is 5.97 Å². The highest BCUT2D eigenvalue weighted by atomic mass is 79.9. The number of esters is 1. The van der Waals surface area contributed by atoms with Crippen LogP contribution < -0.4 is 0 Å². The van der Waals surface area contributed by atoms with Gasteiger partial charge in [0.25, 0.3) is 0 Å². The Bertz CT molecular complexity index is 542. The molecule has 0 N–H and O–H groups in total. The number of carbonyl (C=O) groups excluding carboxylic acids is 1. The number of aromatic nitrogens is 1. The minimum Gasteiger partial charge on any atom is -0.455 e. The summed E-state index contributed by atoms with van der Waals surface area (Å²) < 4.78 is 11.4. The van der Waals surface area contributed by atoms with Crippen LogP contribution in [0.4, 0.5) is 0 Å². The average Bonchev–Trinajstić information content (AvgIpc) is 2.85. The molecule has 0 saturated heterocycles. The highest BCUT2D eigenvalue weighted by Crippen LogP contribution is 2.22. The van der Waals surface area contributed by atoms with Gasteiger partial charge in [0.15, 0.2) is 6.61 Å². The number of ether oxygens (including phenoxy) is 1. The SMILES string of the molecule is Cc1nc(COC(=O)Cc2cscc2Br)oc1C. The molecule has 0 aliphatic rings. The topological polar surface area (TPSA) is 52.3 Å². The number of hydrogen-bond donors (Lipinski definition) is 0. The van der Waals surface area contributed by atoms with Crippen LogP contribution in [0.25, 0.3) is 0 Å². The fraction of sp³-hybridized carbons (Fsp3) is 0.333. The van der Waals surface area contributed by atoms with Crippen molar-refractivity contribution < 1.29 is 13.9 Å². The van der Waals surface area contributed by atoms with Gasteiger partial charge in [0.2, 0.25) is 5.89 Å². The standard InChI is InChI=1S/C12H12BrNO3S/c1-7-8(2)17-11(14-7)4-16-12(15)3-9-5-18-6-10(9)13/h5-6H,3-4H2,1-2H3. The quantitative estimate of drug-likeness (QED) is 0.806. The van der Waals surface area contributed by atoms with Crippen LogP contribution in [-0.2, 0) is 22.6 Å². The van der Waals surface area contributed by atoms with Crippen LogP contribution in [0.15, 0.2) is 19.6 Å². The van der Waals surface area contributed by atoms with Crippen LogP contribution in [0.1, 0.15) is 22.9 Å². The van der Waals surface area contributed by atoms with Crippen molar-refractivity contribution in [1.82, 2.24) is 4.98 Å². The van der Waals surface area contributed by atoms with E-state index in [2.05, 4.69) is 20.9 Å². The third kappa shape index (κ3) is 3.20. The van der Waals surface area contributed by atoms with Gasteiger partial charge in [0.05, 0.1) is 12.1 Å². The molecule has 0 amide bonds. The van der Waals surface area contributed by atoms with Crippen molar-refractivity contribution in [3.8, 4) is 0 Å². The second kappa shape index (κ2) is 5.67. The molecule has 0 aliphatic carbocycles. The van der Waals surface area contributed by atoms with Crippen molar-refractivity contribution in [2.45, 2.75) is 26.9 Å². The van der Waals surface area contributed by atoms with Crippen molar-refractivity contribution in [1.29, 1.82) is 0 Å². The Morgan fingerprint density at radius 3 is 2.83 bits per heavy atom. The summed E-state index contributed by atoms with van der Waals surface area (Å²) in [5.41, 5.74) is 1.76. The summed E-state index contributed by atoms with van der Waals surface area (Å²) >= 11 is 4.92. The van der Waals surface area contributed by atoms with E-state index in [1.807, 2.05) is 24.6 Å². The molecule has 2 rings (SSSR count). The Labute approximate surface area is 117 Å². The molecule has 2 heterocycles. The van der Waals surface area contributed by atoms with Gasteiger partial charge in [0.1, 0.15) is 5.76 Å². The van der Waals surface area contributed by atoms with E-state index in [9.17, 15) is 4.79 Å². The lowest BCUT2D eigenvalue weighted by Gasteiger charge is -2.01. The summed E-state index contributed by atoms with van der Waals surface area (Å²) in [6, 6.07) is 0. The van der Waals surface area contributed by atoms with E-state index >= 15 is 0 Å². The van der Waals surface area contributed by atoms with Crippen molar-refractivity contribution in [2.75, 3.05) is 0 Å². The Kier molecular flexibility index (Phi) is 4.19. The van der Waals surface area contributed by atoms with Gasteiger partial charge in [-0.05, 0) is 40.7 Å². The maximum atomic E-state index is 11.6. The maximum absolute atomic E-state index is 11.6. The Morgan fingerprint density at radius 1 is 1.50 bits per heavy atom. The molecule has 0 aliphatic heterocycles. The summed E-state index contributed by atoms with van der Waals surface area (Å²) in [6.45, 7) is 3.76.